The van der Waals surface area contributed by atoms with Crippen LogP contribution < -0.4 is 0 Å². The molecule has 0 bridgehead atoms. The lowest BCUT2D eigenvalue weighted by Gasteiger charge is -1.95. The molecule has 1 radical (unpaired) electrons. The first-order valence-electron chi connectivity index (χ1n) is 4.50. The molecule has 1 heterocycles. The molecule has 2 rings (SSSR count). The molecule has 1 heteroatoms. The van der Waals surface area contributed by atoms with Gasteiger partial charge in [0.05, 0.1) is 0 Å². The van der Waals surface area contributed by atoms with Gasteiger partial charge in [-0.2, -0.15) is 0 Å². The van der Waals surface area contributed by atoms with Gasteiger partial charge < -0.3 is 4.98 Å². The Hall–Kier alpha value is -1.50. The number of fused-ring (bicyclic) bond motifs is 1. The first-order valence-corrected chi connectivity index (χ1v) is 4.50. The fourth-order valence-electron chi connectivity index (χ4n) is 1.44. The van der Waals surface area contributed by atoms with Crippen LogP contribution in [0.2, 0.25) is 0 Å². The van der Waals surface area contributed by atoms with Crippen LogP contribution in [-0.4, -0.2) is 4.98 Å². The molecular formula is C12H12N. The van der Waals surface area contributed by atoms with Crippen LogP contribution >= 0.6 is 0 Å². The van der Waals surface area contributed by atoms with E-state index in [1.807, 2.05) is 12.1 Å². The summed E-state index contributed by atoms with van der Waals surface area (Å²) in [7, 11) is 0. The van der Waals surface area contributed by atoms with Gasteiger partial charge in [0.25, 0.3) is 0 Å². The Morgan fingerprint density at radius 3 is 2.85 bits per heavy atom. The molecule has 1 aromatic heterocycles. The van der Waals surface area contributed by atoms with E-state index >= 15 is 0 Å². The molecule has 1 aromatic carbocycles. The first kappa shape index (κ1) is 8.11. The normalized spacial score (nSPS) is 10.5. The van der Waals surface area contributed by atoms with E-state index in [4.69, 9.17) is 6.58 Å². The lowest BCUT2D eigenvalue weighted by Crippen LogP contribution is -1.78. The number of rotatable bonds is 2. The molecule has 0 saturated carbocycles. The quantitative estimate of drug-likeness (QED) is 0.711. The highest BCUT2D eigenvalue weighted by Crippen LogP contribution is 2.20. The molecule has 2 aromatic rings. The fraction of sp³-hybridized carbons (Fsp3) is 0.167. The van der Waals surface area contributed by atoms with Gasteiger partial charge in [-0.25, -0.2) is 0 Å². The molecule has 0 aliphatic rings. The molecule has 65 valence electrons. The van der Waals surface area contributed by atoms with Gasteiger partial charge in [-0.05, 0) is 29.5 Å². The van der Waals surface area contributed by atoms with E-state index in [1.165, 1.54) is 5.39 Å². The molecule has 1 nitrogen and oxygen atoms in total. The van der Waals surface area contributed by atoms with Crippen LogP contribution in [0.15, 0.2) is 30.3 Å². The Bertz CT molecular complexity index is 404. The van der Waals surface area contributed by atoms with Crippen molar-refractivity contribution in [3.8, 4) is 0 Å². The Morgan fingerprint density at radius 1 is 1.38 bits per heavy atom. The molecule has 0 unspecified atom stereocenters. The zero-order chi connectivity index (χ0) is 9.26. The van der Waals surface area contributed by atoms with Crippen LogP contribution in [0, 0.1) is 6.58 Å². The van der Waals surface area contributed by atoms with E-state index in [9.17, 15) is 0 Å². The summed E-state index contributed by atoms with van der Waals surface area (Å²) >= 11 is 0. The van der Waals surface area contributed by atoms with Crippen molar-refractivity contribution in [2.24, 2.45) is 0 Å². The molecule has 1 N–H and O–H groups in total. The second-order valence-corrected chi connectivity index (χ2v) is 3.15. The van der Waals surface area contributed by atoms with Crippen LogP contribution in [-0.2, 0) is 0 Å². The van der Waals surface area contributed by atoms with Crippen LogP contribution in [0.1, 0.15) is 19.0 Å². The minimum absolute atomic E-state index is 0.882. The molecule has 0 aliphatic carbocycles. The predicted molar refractivity (Wildman–Crippen MR) is 56.3 cm³/mol. The van der Waals surface area contributed by atoms with Gasteiger partial charge in [-0.15, -0.1) is 0 Å². The number of hydrogen-bond acceptors (Lipinski definition) is 0. The van der Waals surface area contributed by atoms with Gasteiger partial charge >= 0.3 is 0 Å². The van der Waals surface area contributed by atoms with E-state index in [0.717, 1.165) is 23.2 Å². The fourth-order valence-corrected chi connectivity index (χ4v) is 1.44. The Balaban J connectivity index is 2.56. The van der Waals surface area contributed by atoms with Crippen LogP contribution in [0.4, 0.5) is 0 Å². The summed E-state index contributed by atoms with van der Waals surface area (Å²) in [5.74, 6) is 0. The van der Waals surface area contributed by atoms with Crippen molar-refractivity contribution in [3.63, 3.8) is 0 Å². The summed E-state index contributed by atoms with van der Waals surface area (Å²) < 4.78 is 0. The van der Waals surface area contributed by atoms with Crippen molar-refractivity contribution >= 4 is 16.5 Å². The van der Waals surface area contributed by atoms with Gasteiger partial charge in [0, 0.05) is 11.2 Å². The molecule has 13 heavy (non-hydrogen) atoms. The molecular weight excluding hydrogens is 158 g/mol. The zero-order valence-electron chi connectivity index (χ0n) is 7.67. The summed E-state index contributed by atoms with van der Waals surface area (Å²) in [5.41, 5.74) is 3.11. The van der Waals surface area contributed by atoms with Crippen molar-refractivity contribution in [2.45, 2.75) is 13.3 Å². The zero-order valence-corrected chi connectivity index (χ0v) is 7.67. The van der Waals surface area contributed by atoms with Gasteiger partial charge in [-0.1, -0.05) is 31.7 Å². The molecule has 0 saturated heterocycles. The van der Waals surface area contributed by atoms with Crippen molar-refractivity contribution < 1.29 is 0 Å². The Labute approximate surface area is 78.1 Å². The van der Waals surface area contributed by atoms with Crippen molar-refractivity contribution in [3.05, 3.63) is 42.6 Å². The van der Waals surface area contributed by atoms with E-state index < -0.39 is 0 Å². The lowest BCUT2D eigenvalue weighted by molar-refractivity contribution is 1.21. The average molecular weight is 170 g/mol. The number of allylic oxidation sites excluding steroid dienone is 1. The highest BCUT2D eigenvalue weighted by atomic mass is 14.7. The first-order chi connectivity index (χ1) is 6.31. The summed E-state index contributed by atoms with van der Waals surface area (Å²) in [6.45, 7) is 7.90. The minimum Gasteiger partial charge on any atom is -0.355 e. The van der Waals surface area contributed by atoms with Crippen LogP contribution in [0.3, 0.4) is 0 Å². The summed E-state index contributed by atoms with van der Waals surface area (Å²) in [6.07, 6.45) is 0.882. The number of hydrogen-bond donors (Lipinski definition) is 1. The topological polar surface area (TPSA) is 15.8 Å². The third kappa shape index (κ3) is 1.37. The molecule has 0 atom stereocenters. The predicted octanol–water partition coefficient (Wildman–Crippen LogP) is 3.39. The maximum atomic E-state index is 5.84. The summed E-state index contributed by atoms with van der Waals surface area (Å²) in [6, 6.07) is 10.3. The minimum atomic E-state index is 0.882. The average Bonchev–Trinajstić information content (AvgIpc) is 2.59. The molecule has 0 aliphatic heterocycles. The van der Waals surface area contributed by atoms with Gasteiger partial charge in [0.1, 0.15) is 0 Å². The highest BCUT2D eigenvalue weighted by Gasteiger charge is 2.01. The number of aromatic nitrogens is 1. The molecule has 0 spiro atoms. The second-order valence-electron chi connectivity index (χ2n) is 3.15. The molecule has 0 amide bonds. The Morgan fingerprint density at radius 2 is 2.15 bits per heavy atom. The highest BCUT2D eigenvalue weighted by molar-refractivity contribution is 5.84. The Kier molecular flexibility index (Phi) is 1.93. The van der Waals surface area contributed by atoms with Crippen molar-refractivity contribution in [1.29, 1.82) is 0 Å². The lowest BCUT2D eigenvalue weighted by atomic mass is 10.1. The van der Waals surface area contributed by atoms with Crippen molar-refractivity contribution in [1.82, 2.24) is 4.98 Å². The summed E-state index contributed by atoms with van der Waals surface area (Å²) in [4.78, 5) is 3.28. The van der Waals surface area contributed by atoms with Gasteiger partial charge in [0.15, 0.2) is 0 Å². The number of para-hydroxylation sites is 1. The van der Waals surface area contributed by atoms with Gasteiger partial charge in [-0.3, -0.25) is 0 Å². The summed E-state index contributed by atoms with van der Waals surface area (Å²) in [5, 5.41) is 1.22. The third-order valence-corrected chi connectivity index (χ3v) is 2.26. The van der Waals surface area contributed by atoms with E-state index in [2.05, 4.69) is 30.1 Å². The third-order valence-electron chi connectivity index (χ3n) is 2.26. The maximum Gasteiger partial charge on any atom is 0.0458 e. The largest absolute Gasteiger partial charge is 0.355 e. The number of aromatic amines is 1. The smallest absolute Gasteiger partial charge is 0.0458 e. The van der Waals surface area contributed by atoms with Crippen LogP contribution in [0.5, 0.6) is 0 Å². The van der Waals surface area contributed by atoms with E-state index in [1.54, 1.807) is 0 Å². The monoisotopic (exact) mass is 170 g/mol. The second kappa shape index (κ2) is 3.09. The van der Waals surface area contributed by atoms with Crippen molar-refractivity contribution in [2.75, 3.05) is 0 Å². The SMILES string of the molecule is [CH]=C(CC)c1cc2ccccc2[nH]1. The molecule has 0 fully saturated rings. The standard InChI is InChI=1S/C12H12N/c1-3-9(2)12-8-10-6-4-5-7-11(10)13-12/h2,4-8,13H,3H2,1H3. The van der Waals surface area contributed by atoms with E-state index in [0.29, 0.717) is 0 Å². The maximum absolute atomic E-state index is 5.84. The van der Waals surface area contributed by atoms with Gasteiger partial charge in [0.2, 0.25) is 0 Å². The number of nitrogens with one attached hydrogen (secondary N) is 1. The van der Waals surface area contributed by atoms with Crippen LogP contribution in [0.25, 0.3) is 16.5 Å². The number of H-pyrrole nitrogens is 1. The van der Waals surface area contributed by atoms with E-state index in [-0.39, 0.29) is 0 Å². The number of benzene rings is 1.